The smallest absolute Gasteiger partial charge is 0.338 e. The minimum atomic E-state index is -0.181. The molecule has 1 saturated carbocycles. The van der Waals surface area contributed by atoms with Gasteiger partial charge in [0.1, 0.15) is 0 Å². The molecule has 0 unspecified atom stereocenters. The molecule has 3 aliphatic rings. The van der Waals surface area contributed by atoms with Gasteiger partial charge in [0.2, 0.25) is 0 Å². The number of esters is 1. The van der Waals surface area contributed by atoms with Gasteiger partial charge in [-0.25, -0.2) is 4.79 Å². The summed E-state index contributed by atoms with van der Waals surface area (Å²) < 4.78 is 4.95. The van der Waals surface area contributed by atoms with Crippen LogP contribution in [0.5, 0.6) is 0 Å². The first kappa shape index (κ1) is 13.3. The van der Waals surface area contributed by atoms with Crippen molar-refractivity contribution in [2.45, 2.75) is 44.6 Å². The summed E-state index contributed by atoms with van der Waals surface area (Å²) in [5.41, 5.74) is 3.82. The van der Waals surface area contributed by atoms with Crippen LogP contribution in [0, 0.1) is 5.41 Å². The molecule has 21 heavy (non-hydrogen) atoms. The average Bonchev–Trinajstić information content (AvgIpc) is 3.28. The molecule has 112 valence electrons. The molecule has 2 aliphatic carbocycles. The van der Waals surface area contributed by atoms with Crippen molar-refractivity contribution in [3.05, 3.63) is 34.9 Å². The Hall–Kier alpha value is -1.35. The maximum absolute atomic E-state index is 12.0. The Morgan fingerprint density at radius 3 is 2.67 bits per heavy atom. The number of likely N-dealkylation sites (tertiary alicyclic amines) is 1. The Morgan fingerprint density at radius 2 is 2.00 bits per heavy atom. The highest BCUT2D eigenvalue weighted by molar-refractivity contribution is 5.91. The predicted octanol–water partition coefficient (Wildman–Crippen LogP) is 2.82. The average molecular weight is 285 g/mol. The lowest BCUT2D eigenvalue weighted by Crippen LogP contribution is -2.41. The summed E-state index contributed by atoms with van der Waals surface area (Å²) in [4.78, 5) is 14.6. The first-order chi connectivity index (χ1) is 10.2. The Balaban J connectivity index is 1.55. The zero-order chi connectivity index (χ0) is 14.4. The van der Waals surface area contributed by atoms with Crippen LogP contribution in [0.25, 0.3) is 0 Å². The summed E-state index contributed by atoms with van der Waals surface area (Å²) >= 11 is 0. The van der Waals surface area contributed by atoms with Crippen molar-refractivity contribution in [3.8, 4) is 0 Å². The number of carbonyl (C=O) groups excluding carboxylic acids is 1. The van der Waals surface area contributed by atoms with Gasteiger partial charge >= 0.3 is 5.97 Å². The van der Waals surface area contributed by atoms with Crippen molar-refractivity contribution >= 4 is 5.97 Å². The lowest BCUT2D eigenvalue weighted by atomic mass is 9.76. The van der Waals surface area contributed by atoms with Gasteiger partial charge in [0, 0.05) is 6.04 Å². The molecule has 0 aromatic heterocycles. The van der Waals surface area contributed by atoms with Crippen molar-refractivity contribution in [2.24, 2.45) is 5.41 Å². The van der Waals surface area contributed by atoms with Crippen molar-refractivity contribution in [1.29, 1.82) is 0 Å². The number of piperidine rings is 1. The summed E-state index contributed by atoms with van der Waals surface area (Å²) in [5.74, 6) is -0.181. The van der Waals surface area contributed by atoms with E-state index >= 15 is 0 Å². The van der Waals surface area contributed by atoms with E-state index in [9.17, 15) is 4.79 Å². The molecule has 0 radical (unpaired) electrons. The number of benzene rings is 1. The van der Waals surface area contributed by atoms with Gasteiger partial charge in [0.15, 0.2) is 0 Å². The highest BCUT2D eigenvalue weighted by Gasteiger charge is 2.43. The molecule has 1 spiro atoms. The molecular formula is C18H23NO2. The number of fused-ring (bicyclic) bond motifs is 1. The van der Waals surface area contributed by atoms with Crippen LogP contribution in [0.1, 0.15) is 47.2 Å². The van der Waals surface area contributed by atoms with E-state index in [2.05, 4.69) is 11.0 Å². The quantitative estimate of drug-likeness (QED) is 0.783. The second kappa shape index (κ2) is 4.84. The maximum Gasteiger partial charge on any atom is 0.338 e. The van der Waals surface area contributed by atoms with Crippen LogP contribution in [0.2, 0.25) is 0 Å². The lowest BCUT2D eigenvalue weighted by Gasteiger charge is -2.39. The number of ether oxygens (including phenoxy) is 1. The van der Waals surface area contributed by atoms with Crippen LogP contribution in [-0.4, -0.2) is 37.1 Å². The van der Waals surface area contributed by atoms with Gasteiger partial charge in [-0.1, -0.05) is 12.1 Å². The van der Waals surface area contributed by atoms with Crippen LogP contribution in [-0.2, 0) is 17.6 Å². The zero-order valence-electron chi connectivity index (χ0n) is 12.7. The molecule has 2 fully saturated rings. The number of rotatable bonds is 2. The van der Waals surface area contributed by atoms with E-state index in [1.807, 2.05) is 12.1 Å². The molecule has 1 saturated heterocycles. The van der Waals surface area contributed by atoms with Crippen molar-refractivity contribution in [1.82, 2.24) is 4.90 Å². The topological polar surface area (TPSA) is 29.5 Å². The fourth-order valence-corrected chi connectivity index (χ4v) is 4.31. The number of hydrogen-bond acceptors (Lipinski definition) is 3. The molecule has 3 heteroatoms. The molecule has 3 nitrogen and oxygen atoms in total. The van der Waals surface area contributed by atoms with E-state index in [4.69, 9.17) is 4.74 Å². The molecule has 1 heterocycles. The predicted molar refractivity (Wildman–Crippen MR) is 81.5 cm³/mol. The molecule has 1 aliphatic heterocycles. The highest BCUT2D eigenvalue weighted by atomic mass is 16.5. The normalized spacial score (nSPS) is 24.0. The first-order valence-electron chi connectivity index (χ1n) is 8.14. The standard InChI is InChI=1S/C18H23NO2/c1-21-17(20)15-4-2-3-13-11-18(12-16(13)15)7-9-19(10-8-18)14-5-6-14/h2-4,14H,5-12H2,1H3. The number of methoxy groups -OCH3 is 1. The summed E-state index contributed by atoms with van der Waals surface area (Å²) in [7, 11) is 1.47. The second-order valence-electron chi connectivity index (χ2n) is 7.06. The molecule has 4 rings (SSSR count). The summed E-state index contributed by atoms with van der Waals surface area (Å²) in [5, 5.41) is 0. The van der Waals surface area contributed by atoms with E-state index in [0.717, 1.165) is 24.4 Å². The molecule has 1 aromatic rings. The van der Waals surface area contributed by atoms with Crippen LogP contribution < -0.4 is 0 Å². The zero-order valence-corrected chi connectivity index (χ0v) is 12.7. The minimum absolute atomic E-state index is 0.181. The van der Waals surface area contributed by atoms with Crippen LogP contribution in [0.3, 0.4) is 0 Å². The Morgan fingerprint density at radius 1 is 1.24 bits per heavy atom. The van der Waals surface area contributed by atoms with E-state index in [-0.39, 0.29) is 5.97 Å². The van der Waals surface area contributed by atoms with Gasteiger partial charge in [-0.3, -0.25) is 0 Å². The summed E-state index contributed by atoms with van der Waals surface area (Å²) in [6, 6.07) is 7.01. The molecule has 0 amide bonds. The van der Waals surface area contributed by atoms with Crippen LogP contribution in [0.15, 0.2) is 18.2 Å². The maximum atomic E-state index is 12.0. The van der Waals surface area contributed by atoms with Crippen LogP contribution in [0.4, 0.5) is 0 Å². The third kappa shape index (κ3) is 2.28. The van der Waals surface area contributed by atoms with E-state index in [0.29, 0.717) is 5.41 Å². The van der Waals surface area contributed by atoms with Crippen molar-refractivity contribution < 1.29 is 9.53 Å². The summed E-state index contributed by atoms with van der Waals surface area (Å²) in [6.07, 6.45) is 7.56. The van der Waals surface area contributed by atoms with Crippen molar-refractivity contribution in [2.75, 3.05) is 20.2 Å². The van der Waals surface area contributed by atoms with E-state index in [1.165, 1.54) is 57.0 Å². The largest absolute Gasteiger partial charge is 0.465 e. The molecule has 0 bridgehead atoms. The highest BCUT2D eigenvalue weighted by Crippen LogP contribution is 2.47. The van der Waals surface area contributed by atoms with Gasteiger partial charge in [0.25, 0.3) is 0 Å². The lowest BCUT2D eigenvalue weighted by molar-refractivity contribution is 0.0598. The fourth-order valence-electron chi connectivity index (χ4n) is 4.31. The fraction of sp³-hybridized carbons (Fsp3) is 0.611. The van der Waals surface area contributed by atoms with Gasteiger partial charge in [-0.15, -0.1) is 0 Å². The third-order valence-corrected chi connectivity index (χ3v) is 5.72. The number of nitrogens with zero attached hydrogens (tertiary/aromatic N) is 1. The molecule has 1 aromatic carbocycles. The minimum Gasteiger partial charge on any atom is -0.465 e. The Bertz CT molecular complexity index is 569. The molecular weight excluding hydrogens is 262 g/mol. The van der Waals surface area contributed by atoms with Gasteiger partial charge < -0.3 is 9.64 Å². The van der Waals surface area contributed by atoms with E-state index in [1.54, 1.807) is 0 Å². The second-order valence-corrected chi connectivity index (χ2v) is 7.06. The van der Waals surface area contributed by atoms with Crippen molar-refractivity contribution in [3.63, 3.8) is 0 Å². The Kier molecular flexibility index (Phi) is 3.07. The first-order valence-corrected chi connectivity index (χ1v) is 8.14. The van der Waals surface area contributed by atoms with Gasteiger partial charge in [-0.05, 0) is 74.2 Å². The number of carbonyl (C=O) groups is 1. The van der Waals surface area contributed by atoms with Gasteiger partial charge in [-0.2, -0.15) is 0 Å². The third-order valence-electron chi connectivity index (χ3n) is 5.72. The monoisotopic (exact) mass is 285 g/mol. The van der Waals surface area contributed by atoms with Gasteiger partial charge in [0.05, 0.1) is 12.7 Å². The number of hydrogen-bond donors (Lipinski definition) is 0. The van der Waals surface area contributed by atoms with Crippen LogP contribution >= 0.6 is 0 Å². The van der Waals surface area contributed by atoms with E-state index < -0.39 is 0 Å². The molecule has 0 atom stereocenters. The Labute approximate surface area is 126 Å². The molecule has 0 N–H and O–H groups in total. The SMILES string of the molecule is COC(=O)c1cccc2c1CC1(CCN(C3CC3)CC1)C2. The summed E-state index contributed by atoms with van der Waals surface area (Å²) in [6.45, 7) is 2.48.